The number of methoxy groups -OCH3 is 3. The van der Waals surface area contributed by atoms with E-state index in [0.29, 0.717) is 35.8 Å². The summed E-state index contributed by atoms with van der Waals surface area (Å²) >= 11 is 1.67. The lowest BCUT2D eigenvalue weighted by atomic mass is 10.1. The highest BCUT2D eigenvalue weighted by atomic mass is 32.1. The monoisotopic (exact) mass is 407 g/mol. The number of hydrogen-bond donors (Lipinski definition) is 0. The summed E-state index contributed by atoms with van der Waals surface area (Å²) in [5.74, 6) is 0.882. The van der Waals surface area contributed by atoms with E-state index < -0.39 is 5.97 Å². The van der Waals surface area contributed by atoms with Gasteiger partial charge in [0.05, 0.1) is 26.9 Å². The molecule has 0 aliphatic carbocycles. The van der Waals surface area contributed by atoms with Gasteiger partial charge in [-0.15, -0.1) is 11.3 Å². The normalized spacial score (nSPS) is 11.9. The average Bonchev–Trinajstić information content (AvgIpc) is 3.23. The Kier molecular flexibility index (Phi) is 8.60. The van der Waals surface area contributed by atoms with E-state index >= 15 is 0 Å². The third-order valence-electron chi connectivity index (χ3n) is 4.54. The second kappa shape index (κ2) is 10.9. The van der Waals surface area contributed by atoms with Gasteiger partial charge in [0.2, 0.25) is 5.75 Å². The molecule has 0 aliphatic heterocycles. The molecule has 0 fully saturated rings. The second-order valence-electron chi connectivity index (χ2n) is 6.21. The predicted molar refractivity (Wildman–Crippen MR) is 111 cm³/mol. The molecular formula is C21H29NO5S. The number of carbonyl (C=O) groups is 1. The molecule has 154 valence electrons. The Morgan fingerprint density at radius 3 is 2.18 bits per heavy atom. The second-order valence-corrected chi connectivity index (χ2v) is 7.24. The first-order valence-electron chi connectivity index (χ1n) is 9.31. The van der Waals surface area contributed by atoms with Crippen LogP contribution in [0.2, 0.25) is 0 Å². The Morgan fingerprint density at radius 2 is 1.71 bits per heavy atom. The van der Waals surface area contributed by atoms with Crippen LogP contribution in [0.3, 0.4) is 0 Å². The van der Waals surface area contributed by atoms with Gasteiger partial charge in [-0.05, 0) is 36.7 Å². The maximum absolute atomic E-state index is 12.9. The fraction of sp³-hybridized carbons (Fsp3) is 0.476. The van der Waals surface area contributed by atoms with E-state index in [1.807, 2.05) is 11.4 Å². The highest BCUT2D eigenvalue weighted by molar-refractivity contribution is 7.09. The molecule has 0 radical (unpaired) electrons. The van der Waals surface area contributed by atoms with Gasteiger partial charge in [0.25, 0.3) is 0 Å². The molecular weight excluding hydrogens is 378 g/mol. The number of likely N-dealkylation sites (N-methyl/N-ethyl adjacent to an activating group) is 1. The topological polar surface area (TPSA) is 57.2 Å². The van der Waals surface area contributed by atoms with Gasteiger partial charge in [0.15, 0.2) is 11.5 Å². The molecule has 7 heteroatoms. The molecule has 0 saturated heterocycles. The number of ether oxygens (including phenoxy) is 4. The van der Waals surface area contributed by atoms with E-state index in [9.17, 15) is 4.79 Å². The van der Waals surface area contributed by atoms with Gasteiger partial charge in [-0.2, -0.15) is 0 Å². The van der Waals surface area contributed by atoms with Crippen molar-refractivity contribution in [3.8, 4) is 17.2 Å². The third kappa shape index (κ3) is 5.62. The number of nitrogens with zero attached hydrogens (tertiary/aromatic N) is 1. The van der Waals surface area contributed by atoms with Crippen LogP contribution in [0.5, 0.6) is 17.2 Å². The minimum absolute atomic E-state index is 0.245. The van der Waals surface area contributed by atoms with Crippen LogP contribution in [0.4, 0.5) is 0 Å². The van der Waals surface area contributed by atoms with Crippen LogP contribution in [0.1, 0.15) is 29.1 Å². The molecule has 0 aliphatic rings. The average molecular weight is 408 g/mol. The third-order valence-corrected chi connectivity index (χ3v) is 5.44. The van der Waals surface area contributed by atoms with E-state index in [2.05, 4.69) is 24.8 Å². The molecule has 1 heterocycles. The maximum atomic E-state index is 12.9. The number of esters is 1. The lowest BCUT2D eigenvalue weighted by Crippen LogP contribution is -2.36. The Labute approximate surface area is 171 Å². The quantitative estimate of drug-likeness (QED) is 0.527. The van der Waals surface area contributed by atoms with Crippen LogP contribution in [-0.4, -0.2) is 57.9 Å². The first-order valence-corrected chi connectivity index (χ1v) is 10.2. The van der Waals surface area contributed by atoms with Crippen molar-refractivity contribution in [2.24, 2.45) is 0 Å². The largest absolute Gasteiger partial charge is 0.493 e. The number of carbonyl (C=O) groups excluding carboxylic acids is 1. The smallest absolute Gasteiger partial charge is 0.338 e. The van der Waals surface area contributed by atoms with E-state index in [-0.39, 0.29) is 6.10 Å². The first kappa shape index (κ1) is 22.0. The van der Waals surface area contributed by atoms with Crippen molar-refractivity contribution in [1.82, 2.24) is 4.90 Å². The molecule has 1 aromatic heterocycles. The Hall–Kier alpha value is -2.25. The van der Waals surface area contributed by atoms with Gasteiger partial charge < -0.3 is 23.8 Å². The van der Waals surface area contributed by atoms with Crippen molar-refractivity contribution in [2.45, 2.75) is 26.4 Å². The van der Waals surface area contributed by atoms with E-state index in [1.165, 1.54) is 26.2 Å². The highest BCUT2D eigenvalue weighted by Gasteiger charge is 2.22. The molecule has 0 spiro atoms. The molecule has 1 unspecified atom stereocenters. The number of rotatable bonds is 11. The molecule has 0 saturated carbocycles. The molecule has 1 aromatic carbocycles. The number of thiophene rings is 1. The van der Waals surface area contributed by atoms with Crippen molar-refractivity contribution in [3.63, 3.8) is 0 Å². The van der Waals surface area contributed by atoms with Gasteiger partial charge >= 0.3 is 5.97 Å². The van der Waals surface area contributed by atoms with Crippen molar-refractivity contribution in [2.75, 3.05) is 41.0 Å². The molecule has 2 rings (SSSR count). The van der Waals surface area contributed by atoms with Gasteiger partial charge in [-0.3, -0.25) is 0 Å². The summed E-state index contributed by atoms with van der Waals surface area (Å²) in [5.41, 5.74) is 0.366. The number of benzene rings is 1. The first-order chi connectivity index (χ1) is 13.6. The van der Waals surface area contributed by atoms with E-state index in [1.54, 1.807) is 23.5 Å². The molecule has 28 heavy (non-hydrogen) atoms. The summed E-state index contributed by atoms with van der Waals surface area (Å²) in [6.45, 7) is 6.69. The standard InChI is InChI=1S/C21H29NO5S/c1-6-22(7-2)14-16(13-17-9-8-10-28-17)27-21(23)15-11-18(24-3)20(26-5)19(12-15)25-4/h8-12,16H,6-7,13-14H2,1-5H3. The molecule has 6 nitrogen and oxygen atoms in total. The Balaban J connectivity index is 2.24. The molecule has 2 aromatic rings. The van der Waals surface area contributed by atoms with Crippen molar-refractivity contribution in [3.05, 3.63) is 40.1 Å². The van der Waals surface area contributed by atoms with Crippen LogP contribution in [-0.2, 0) is 11.2 Å². The maximum Gasteiger partial charge on any atom is 0.338 e. The summed E-state index contributed by atoms with van der Waals surface area (Å²) in [6.07, 6.45) is 0.440. The molecule has 0 N–H and O–H groups in total. The van der Waals surface area contributed by atoms with Gasteiger partial charge in [-0.25, -0.2) is 4.79 Å². The molecule has 0 bridgehead atoms. The fourth-order valence-corrected chi connectivity index (χ4v) is 3.76. The Bertz CT molecular complexity index is 718. The van der Waals surface area contributed by atoms with E-state index in [4.69, 9.17) is 18.9 Å². The summed E-state index contributed by atoms with van der Waals surface area (Å²) in [4.78, 5) is 16.3. The SMILES string of the molecule is CCN(CC)CC(Cc1cccs1)OC(=O)c1cc(OC)c(OC)c(OC)c1. The van der Waals surface area contributed by atoms with Crippen LogP contribution in [0.25, 0.3) is 0 Å². The van der Waals surface area contributed by atoms with Crippen LogP contribution < -0.4 is 14.2 Å². The number of hydrogen-bond acceptors (Lipinski definition) is 7. The van der Waals surface area contributed by atoms with Crippen molar-refractivity contribution >= 4 is 17.3 Å². The molecule has 1 atom stereocenters. The van der Waals surface area contributed by atoms with Crippen molar-refractivity contribution in [1.29, 1.82) is 0 Å². The van der Waals surface area contributed by atoms with E-state index in [0.717, 1.165) is 13.1 Å². The summed E-state index contributed by atoms with van der Waals surface area (Å²) in [7, 11) is 4.57. The zero-order valence-corrected chi connectivity index (χ0v) is 18.0. The highest BCUT2D eigenvalue weighted by Crippen LogP contribution is 2.38. The fourth-order valence-electron chi connectivity index (χ4n) is 2.98. The zero-order chi connectivity index (χ0) is 20.5. The van der Waals surface area contributed by atoms with Crippen molar-refractivity contribution < 1.29 is 23.7 Å². The summed E-state index contributed by atoms with van der Waals surface area (Å²) in [6, 6.07) is 7.30. The van der Waals surface area contributed by atoms with Crippen LogP contribution in [0, 0.1) is 0 Å². The lowest BCUT2D eigenvalue weighted by Gasteiger charge is -2.25. The van der Waals surface area contributed by atoms with Gasteiger partial charge in [0.1, 0.15) is 6.10 Å². The molecule has 0 amide bonds. The zero-order valence-electron chi connectivity index (χ0n) is 17.2. The minimum Gasteiger partial charge on any atom is -0.493 e. The Morgan fingerprint density at radius 1 is 1.07 bits per heavy atom. The lowest BCUT2D eigenvalue weighted by molar-refractivity contribution is 0.0214. The van der Waals surface area contributed by atoms with Gasteiger partial charge in [0, 0.05) is 17.8 Å². The van der Waals surface area contributed by atoms with Gasteiger partial charge in [-0.1, -0.05) is 19.9 Å². The minimum atomic E-state index is -0.409. The van der Waals surface area contributed by atoms with Crippen LogP contribution >= 0.6 is 11.3 Å². The van der Waals surface area contributed by atoms with Crippen LogP contribution in [0.15, 0.2) is 29.6 Å². The summed E-state index contributed by atoms with van der Waals surface area (Å²) < 4.78 is 21.9. The predicted octanol–water partition coefficient (Wildman–Crippen LogP) is 3.88. The summed E-state index contributed by atoms with van der Waals surface area (Å²) in [5, 5.41) is 2.03.